The molecule has 2 aliphatic heterocycles. The molecule has 17 heteroatoms. The van der Waals surface area contributed by atoms with Gasteiger partial charge in [-0.25, -0.2) is 0 Å². The number of benzene rings is 2. The van der Waals surface area contributed by atoms with Crippen LogP contribution in [0.5, 0.6) is 0 Å². The fraction of sp³-hybridized carbons (Fsp3) is 0.611. The molecular formula is C36H49Cl2N8NaO5S. The third-order valence-corrected chi connectivity index (χ3v) is 11.6. The summed E-state index contributed by atoms with van der Waals surface area (Å²) in [6.45, 7) is 3.42. The van der Waals surface area contributed by atoms with E-state index < -0.39 is 15.5 Å². The van der Waals surface area contributed by atoms with Crippen molar-refractivity contribution in [1.82, 2.24) is 9.80 Å². The van der Waals surface area contributed by atoms with E-state index in [9.17, 15) is 18.0 Å². The van der Waals surface area contributed by atoms with Crippen molar-refractivity contribution in [2.24, 2.45) is 17.0 Å². The molecule has 13 nitrogen and oxygen atoms in total. The molecule has 2 amide bonds. The van der Waals surface area contributed by atoms with Crippen molar-refractivity contribution in [1.29, 1.82) is 0 Å². The van der Waals surface area contributed by atoms with E-state index in [-0.39, 0.29) is 72.7 Å². The summed E-state index contributed by atoms with van der Waals surface area (Å²) in [5.74, 6) is 0.738. The second-order valence-electron chi connectivity index (χ2n) is 13.9. The van der Waals surface area contributed by atoms with Gasteiger partial charge in [0.05, 0.1) is 23.7 Å². The summed E-state index contributed by atoms with van der Waals surface area (Å²) in [5, 5.41) is 5.05. The molecule has 6 rings (SSSR count). The minimum atomic E-state index is -3.45. The van der Waals surface area contributed by atoms with E-state index >= 15 is 0 Å². The van der Waals surface area contributed by atoms with Crippen LogP contribution in [0.15, 0.2) is 53.6 Å². The van der Waals surface area contributed by atoms with Crippen LogP contribution in [0, 0.1) is 11.8 Å². The smallest absolute Gasteiger partial charge is 0.373 e. The third-order valence-electron chi connectivity index (χ3n) is 10.6. The minimum Gasteiger partial charge on any atom is -0.373 e. The zero-order valence-electron chi connectivity index (χ0n) is 29.9. The summed E-state index contributed by atoms with van der Waals surface area (Å²) in [6, 6.07) is 15.3. The number of likely N-dealkylation sites (tertiary alicyclic amines) is 2. The summed E-state index contributed by atoms with van der Waals surface area (Å²) in [7, 11) is -3.45. The van der Waals surface area contributed by atoms with Gasteiger partial charge in [-0.15, -0.1) is 0 Å². The summed E-state index contributed by atoms with van der Waals surface area (Å²) in [6.07, 6.45) is 10.5. The fourth-order valence-electron chi connectivity index (χ4n) is 7.61. The van der Waals surface area contributed by atoms with Crippen molar-refractivity contribution < 1.29 is 51.7 Å². The van der Waals surface area contributed by atoms with Gasteiger partial charge in [-0.1, -0.05) is 72.8 Å². The van der Waals surface area contributed by atoms with E-state index in [0.717, 1.165) is 94.7 Å². The topological polar surface area (TPSA) is 191 Å². The second-order valence-corrected chi connectivity index (χ2v) is 16.4. The Morgan fingerprint density at radius 1 is 0.792 bits per heavy atom. The van der Waals surface area contributed by atoms with Gasteiger partial charge >= 0.3 is 29.6 Å². The summed E-state index contributed by atoms with van der Waals surface area (Å²) < 4.78 is 27.3. The van der Waals surface area contributed by atoms with Crippen molar-refractivity contribution in [2.75, 3.05) is 45.6 Å². The number of amides is 2. The minimum absolute atomic E-state index is 0. The van der Waals surface area contributed by atoms with Gasteiger partial charge in [-0.2, -0.15) is 8.42 Å². The average Bonchev–Trinajstić information content (AvgIpc) is 3.07. The Hall–Kier alpha value is -2.51. The molecular weight excluding hydrogens is 750 g/mol. The van der Waals surface area contributed by atoms with Crippen LogP contribution in [0.25, 0.3) is 26.4 Å². The Kier molecular flexibility index (Phi) is 19.0. The van der Waals surface area contributed by atoms with E-state index in [0.29, 0.717) is 29.7 Å². The Labute approximate surface area is 345 Å². The Bertz CT molecular complexity index is 1700. The van der Waals surface area contributed by atoms with E-state index in [2.05, 4.69) is 10.0 Å². The number of nitrogens with zero attached hydrogens (tertiary/aromatic N) is 8. The average molecular weight is 800 g/mol. The van der Waals surface area contributed by atoms with Gasteiger partial charge in [-0.05, 0) is 98.2 Å². The largest absolute Gasteiger partial charge is 1.00 e. The van der Waals surface area contributed by atoms with Gasteiger partial charge in [0, 0.05) is 53.6 Å². The van der Waals surface area contributed by atoms with Crippen molar-refractivity contribution in [3.8, 4) is 0 Å². The van der Waals surface area contributed by atoms with Crippen LogP contribution in [0.3, 0.4) is 0 Å². The molecule has 0 N–H and O–H groups in total. The molecule has 2 unspecified atom stereocenters. The molecule has 0 aromatic heterocycles. The van der Waals surface area contributed by atoms with E-state index in [1.54, 1.807) is 0 Å². The number of carbonyl (C=O) groups excluding carboxylic acids is 2. The molecule has 2 atom stereocenters. The van der Waals surface area contributed by atoms with E-state index in [1.807, 2.05) is 58.3 Å². The molecule has 0 radical (unpaired) electrons. The molecule has 4 fully saturated rings. The van der Waals surface area contributed by atoms with Crippen LogP contribution >= 0.6 is 23.2 Å². The predicted molar refractivity (Wildman–Crippen MR) is 204 cm³/mol. The Morgan fingerprint density at radius 3 is 1.55 bits per heavy atom. The quantitative estimate of drug-likeness (QED) is 0.102. The monoisotopic (exact) mass is 798 g/mol. The van der Waals surface area contributed by atoms with Crippen LogP contribution < -0.4 is 29.6 Å². The van der Waals surface area contributed by atoms with Crippen LogP contribution in [0.1, 0.15) is 82.8 Å². The first-order valence-electron chi connectivity index (χ1n) is 17.3. The van der Waals surface area contributed by atoms with Gasteiger partial charge < -0.3 is 20.9 Å². The first-order valence-corrected chi connectivity index (χ1v) is 19.9. The van der Waals surface area contributed by atoms with Gasteiger partial charge in [0.15, 0.2) is 0 Å². The van der Waals surface area contributed by atoms with Crippen LogP contribution in [0.2, 0.25) is 10.0 Å². The van der Waals surface area contributed by atoms with Crippen molar-refractivity contribution in [2.45, 2.75) is 82.5 Å². The number of hydrogen-bond acceptors (Lipinski definition) is 6. The van der Waals surface area contributed by atoms with Gasteiger partial charge in [0.1, 0.15) is 0 Å². The predicted octanol–water partition coefficient (Wildman–Crippen LogP) is 5.79. The summed E-state index contributed by atoms with van der Waals surface area (Å²) >= 11 is 12.0. The normalized spacial score (nSPS) is 21.0. The van der Waals surface area contributed by atoms with E-state index in [4.69, 9.17) is 44.0 Å². The zero-order valence-corrected chi connectivity index (χ0v) is 34.2. The first-order chi connectivity index (χ1) is 24.4. The van der Waals surface area contributed by atoms with Gasteiger partial charge in [0.2, 0.25) is 11.8 Å². The second kappa shape index (κ2) is 21.5. The molecule has 284 valence electrons. The fourth-order valence-corrected chi connectivity index (χ4v) is 8.30. The molecule has 2 saturated carbocycles. The number of carbonyl (C=O) groups is 2. The number of piperidine rings is 2. The maximum absolute atomic E-state index is 13.3. The number of azide groups is 1. The van der Waals surface area contributed by atoms with Crippen molar-refractivity contribution in [3.05, 3.63) is 96.1 Å². The van der Waals surface area contributed by atoms with Crippen LogP contribution in [-0.2, 0) is 34.7 Å². The first kappa shape index (κ1) is 46.6. The molecule has 4 aliphatic rings. The van der Waals surface area contributed by atoms with E-state index in [1.165, 1.54) is 4.91 Å². The standard InChI is InChI=1S/C18H24ClNO4S.C17H21ClN4O.CH4.N3.Na/c1-25(22,23)24-13-14-4-2-11-20(12-14)17(21)18(9-3-10-18)15-5-7-16(19)8-6-15;18-15-6-4-14(5-7-15)17(8-2-9-17)16(23)22-10-1-3-13(12-22)11-20-21-19;;1-3-2;/h5-8,14H,2-4,9-13H2,1H3;4-7,13H,1-3,8-12H2;1H4;;/q;;;-1;+1. The van der Waals surface area contributed by atoms with Crippen molar-refractivity contribution in [3.63, 3.8) is 0 Å². The van der Waals surface area contributed by atoms with Gasteiger partial charge in [-0.3, -0.25) is 18.7 Å². The maximum atomic E-state index is 13.3. The summed E-state index contributed by atoms with van der Waals surface area (Å²) in [5.41, 5.74) is 23.3. The van der Waals surface area contributed by atoms with Crippen LogP contribution in [-0.4, -0.2) is 75.6 Å². The molecule has 2 aromatic carbocycles. The molecule has 0 bridgehead atoms. The Balaban J connectivity index is 0.000000331. The molecule has 53 heavy (non-hydrogen) atoms. The molecule has 2 heterocycles. The molecule has 0 spiro atoms. The Morgan fingerprint density at radius 2 is 1.19 bits per heavy atom. The van der Waals surface area contributed by atoms with Crippen molar-refractivity contribution >= 4 is 45.1 Å². The maximum Gasteiger partial charge on any atom is 1.00 e. The third kappa shape index (κ3) is 12.2. The molecule has 2 saturated heterocycles. The van der Waals surface area contributed by atoms with Crippen LogP contribution in [0.4, 0.5) is 0 Å². The molecule has 2 aliphatic carbocycles. The molecule has 2 aromatic rings. The SMILES string of the molecule is C.CS(=O)(=O)OCC1CCCN(C(=O)C2(c3ccc(Cl)cc3)CCC2)C1.[N-]=[N+]=NCC1CCCN(C(=O)C2(c3ccc(Cl)cc3)CCC2)C1.[N-]=[N+]=[N-].[Na+]. The zero-order chi connectivity index (χ0) is 37.1. The summed E-state index contributed by atoms with van der Waals surface area (Å²) in [4.78, 5) is 34.7. The van der Waals surface area contributed by atoms with Gasteiger partial charge in [0.25, 0.3) is 10.1 Å². The number of rotatable bonds is 9. The number of hydrogen-bond donors (Lipinski definition) is 0. The number of halogens is 2.